The monoisotopic (exact) mass is 499 g/mol. The number of rotatable bonds is 3. The highest BCUT2D eigenvalue weighted by Crippen LogP contribution is 2.39. The van der Waals surface area contributed by atoms with Crippen LogP contribution in [-0.2, 0) is 17.8 Å². The van der Waals surface area contributed by atoms with Crippen molar-refractivity contribution >= 4 is 11.2 Å². The van der Waals surface area contributed by atoms with Gasteiger partial charge in [0.2, 0.25) is 0 Å². The van der Waals surface area contributed by atoms with E-state index in [-0.39, 0.29) is 12.5 Å². The van der Waals surface area contributed by atoms with Crippen molar-refractivity contribution in [1.29, 1.82) is 5.26 Å². The van der Waals surface area contributed by atoms with E-state index in [1.54, 1.807) is 13.0 Å². The lowest BCUT2D eigenvalue weighted by atomic mass is 9.89. The molecule has 0 aliphatic carbocycles. The number of fused-ring (bicyclic) bond motifs is 3. The lowest BCUT2D eigenvalue weighted by Gasteiger charge is -2.14. The van der Waals surface area contributed by atoms with Gasteiger partial charge in [0, 0.05) is 59.5 Å². The Labute approximate surface area is 211 Å². The Morgan fingerprint density at radius 2 is 1.97 bits per heavy atom. The molecule has 2 aromatic heterocycles. The normalized spacial score (nSPS) is 18.1. The minimum absolute atomic E-state index is 0.0822. The van der Waals surface area contributed by atoms with Crippen LogP contribution in [0.4, 0.5) is 8.78 Å². The van der Waals surface area contributed by atoms with Crippen LogP contribution in [0.15, 0.2) is 58.9 Å². The van der Waals surface area contributed by atoms with E-state index in [0.29, 0.717) is 47.7 Å². The van der Waals surface area contributed by atoms with Gasteiger partial charge in [0.05, 0.1) is 18.4 Å². The molecular formula is C29H23F2N3O3. The van der Waals surface area contributed by atoms with Crippen molar-refractivity contribution in [2.24, 2.45) is 0 Å². The molecule has 1 saturated heterocycles. The molecule has 0 spiro atoms. The molecule has 186 valence electrons. The highest BCUT2D eigenvalue weighted by molar-refractivity contribution is 5.88. The molecule has 6 nitrogen and oxygen atoms in total. The lowest BCUT2D eigenvalue weighted by molar-refractivity contribution is 0.193. The Hall–Kier alpha value is -4.22. The molecule has 4 aromatic rings. The van der Waals surface area contributed by atoms with Crippen molar-refractivity contribution in [2.75, 3.05) is 13.2 Å². The second kappa shape index (κ2) is 9.02. The largest absolute Gasteiger partial charge is 0.488 e. The van der Waals surface area contributed by atoms with Gasteiger partial charge in [-0.2, -0.15) is 5.26 Å². The average Bonchev–Trinajstić information content (AvgIpc) is 3.49. The molecule has 1 atom stereocenters. The SMILES string of the molecule is CC(C#N)=C1c2ccc(Cc3c(C4CCOC4)[nH]c4cc(F)cc(=O)n34)cc2COc2cc(F)ccc21. The molecule has 1 unspecified atom stereocenters. The topological polar surface area (TPSA) is 79.5 Å². The van der Waals surface area contributed by atoms with E-state index < -0.39 is 17.2 Å². The van der Waals surface area contributed by atoms with Gasteiger partial charge in [-0.3, -0.25) is 9.20 Å². The van der Waals surface area contributed by atoms with Gasteiger partial charge in [0.1, 0.15) is 29.6 Å². The molecule has 0 bridgehead atoms. The van der Waals surface area contributed by atoms with Crippen LogP contribution in [-0.4, -0.2) is 22.6 Å². The van der Waals surface area contributed by atoms with Gasteiger partial charge in [0.15, 0.2) is 0 Å². The number of benzene rings is 2. The number of aromatic amines is 1. The second-order valence-corrected chi connectivity index (χ2v) is 9.49. The summed E-state index contributed by atoms with van der Waals surface area (Å²) in [5.41, 5.74) is 6.10. The van der Waals surface area contributed by atoms with Crippen molar-refractivity contribution in [2.45, 2.75) is 32.3 Å². The maximum Gasteiger partial charge on any atom is 0.259 e. The third-order valence-electron chi connectivity index (χ3n) is 7.13. The number of imidazole rings is 1. The van der Waals surface area contributed by atoms with Gasteiger partial charge in [-0.25, -0.2) is 8.78 Å². The molecular weight excluding hydrogens is 476 g/mol. The summed E-state index contributed by atoms with van der Waals surface area (Å²) in [6.07, 6.45) is 1.23. The Morgan fingerprint density at radius 3 is 2.76 bits per heavy atom. The number of allylic oxidation sites excluding steroid dienone is 1. The van der Waals surface area contributed by atoms with Crippen molar-refractivity contribution in [3.63, 3.8) is 0 Å². The highest BCUT2D eigenvalue weighted by atomic mass is 19.1. The fourth-order valence-electron chi connectivity index (χ4n) is 5.41. The predicted octanol–water partition coefficient (Wildman–Crippen LogP) is 5.24. The molecule has 8 heteroatoms. The molecule has 6 rings (SSSR count). The first-order valence-corrected chi connectivity index (χ1v) is 12.1. The lowest BCUT2D eigenvalue weighted by Crippen LogP contribution is -2.16. The summed E-state index contributed by atoms with van der Waals surface area (Å²) in [4.78, 5) is 16.1. The molecule has 2 aromatic carbocycles. The zero-order valence-corrected chi connectivity index (χ0v) is 20.1. The smallest absolute Gasteiger partial charge is 0.259 e. The summed E-state index contributed by atoms with van der Waals surface area (Å²) in [5.74, 6) is -0.531. The van der Waals surface area contributed by atoms with Crippen LogP contribution < -0.4 is 10.3 Å². The van der Waals surface area contributed by atoms with Gasteiger partial charge >= 0.3 is 0 Å². The van der Waals surface area contributed by atoms with E-state index >= 15 is 0 Å². The summed E-state index contributed by atoms with van der Waals surface area (Å²) in [5, 5.41) is 9.70. The third-order valence-corrected chi connectivity index (χ3v) is 7.13. The Morgan fingerprint density at radius 1 is 1.14 bits per heavy atom. The van der Waals surface area contributed by atoms with E-state index in [1.165, 1.54) is 22.6 Å². The molecule has 2 aliphatic heterocycles. The van der Waals surface area contributed by atoms with Crippen LogP contribution in [0.3, 0.4) is 0 Å². The first kappa shape index (κ1) is 23.2. The number of nitrogens with zero attached hydrogens (tertiary/aromatic N) is 2. The Balaban J connectivity index is 1.47. The number of halogens is 2. The number of hydrogen-bond donors (Lipinski definition) is 1. The van der Waals surface area contributed by atoms with Gasteiger partial charge in [0.25, 0.3) is 5.56 Å². The fourth-order valence-corrected chi connectivity index (χ4v) is 5.41. The standard InChI is InChI=1S/C29H23F2N3O3/c1-16(13-32)28-22-4-2-17(8-19(22)15-37-25-10-20(30)3-5-23(25)28)9-24-29(18-6-7-36-14-18)33-26-11-21(31)12-27(35)34(24)26/h2-5,8,10-12,18,33H,6-7,9,14-15H2,1H3. The Bertz CT molecular complexity index is 1690. The van der Waals surface area contributed by atoms with Crippen LogP contribution in [0.1, 0.15) is 52.9 Å². The number of hydrogen-bond acceptors (Lipinski definition) is 4. The quantitative estimate of drug-likeness (QED) is 0.391. The van der Waals surface area contributed by atoms with Crippen LogP contribution in [0, 0.1) is 23.0 Å². The number of nitrogens with one attached hydrogen (secondary N) is 1. The van der Waals surface area contributed by atoms with E-state index in [0.717, 1.165) is 40.6 Å². The number of ether oxygens (including phenoxy) is 2. The molecule has 0 radical (unpaired) electrons. The van der Waals surface area contributed by atoms with Gasteiger partial charge in [-0.15, -0.1) is 0 Å². The number of nitriles is 1. The zero-order chi connectivity index (χ0) is 25.7. The minimum Gasteiger partial charge on any atom is -0.488 e. The van der Waals surface area contributed by atoms with Gasteiger partial charge in [-0.05, 0) is 42.2 Å². The summed E-state index contributed by atoms with van der Waals surface area (Å²) in [6, 6.07) is 14.8. The first-order chi connectivity index (χ1) is 17.9. The summed E-state index contributed by atoms with van der Waals surface area (Å²) in [6.45, 7) is 3.10. The van der Waals surface area contributed by atoms with Crippen molar-refractivity contribution < 1.29 is 18.3 Å². The molecule has 0 amide bonds. The molecule has 0 saturated carbocycles. The van der Waals surface area contributed by atoms with Crippen molar-refractivity contribution in [3.8, 4) is 11.8 Å². The van der Waals surface area contributed by atoms with E-state index in [2.05, 4.69) is 11.1 Å². The summed E-state index contributed by atoms with van der Waals surface area (Å²) in [7, 11) is 0. The predicted molar refractivity (Wildman–Crippen MR) is 133 cm³/mol. The first-order valence-electron chi connectivity index (χ1n) is 12.1. The van der Waals surface area contributed by atoms with Crippen LogP contribution in [0.25, 0.3) is 11.2 Å². The van der Waals surface area contributed by atoms with E-state index in [1.807, 2.05) is 18.2 Å². The average molecular weight is 500 g/mol. The molecule has 2 aliphatic rings. The zero-order valence-electron chi connectivity index (χ0n) is 20.1. The van der Waals surface area contributed by atoms with Gasteiger partial charge in [-0.1, -0.05) is 18.2 Å². The van der Waals surface area contributed by atoms with E-state index in [4.69, 9.17) is 9.47 Å². The van der Waals surface area contributed by atoms with E-state index in [9.17, 15) is 18.8 Å². The third kappa shape index (κ3) is 4.02. The summed E-state index contributed by atoms with van der Waals surface area (Å²) >= 11 is 0. The van der Waals surface area contributed by atoms with Gasteiger partial charge < -0.3 is 14.5 Å². The molecule has 1 fully saturated rings. The highest BCUT2D eigenvalue weighted by Gasteiger charge is 2.26. The maximum absolute atomic E-state index is 14.0. The second-order valence-electron chi connectivity index (χ2n) is 9.49. The maximum atomic E-state index is 14.0. The van der Waals surface area contributed by atoms with Crippen molar-refractivity contribution in [1.82, 2.24) is 9.38 Å². The molecule has 37 heavy (non-hydrogen) atoms. The fraction of sp³-hybridized carbons (Fsp3) is 0.241. The van der Waals surface area contributed by atoms with Crippen LogP contribution in [0.5, 0.6) is 5.75 Å². The van der Waals surface area contributed by atoms with Crippen molar-refractivity contribution in [3.05, 3.63) is 110 Å². The number of pyridine rings is 1. The molecule has 1 N–H and O–H groups in total. The number of aromatic nitrogens is 2. The summed E-state index contributed by atoms with van der Waals surface area (Å²) < 4.78 is 41.1. The Kier molecular flexibility index (Phi) is 5.65. The molecule has 4 heterocycles. The van der Waals surface area contributed by atoms with Crippen LogP contribution >= 0.6 is 0 Å². The number of H-pyrrole nitrogens is 1. The van der Waals surface area contributed by atoms with Crippen LogP contribution in [0.2, 0.25) is 0 Å². The minimum atomic E-state index is -0.586.